The number of aromatic nitrogens is 1. The number of halogens is 3. The van der Waals surface area contributed by atoms with Gasteiger partial charge in [0.25, 0.3) is 0 Å². The third-order valence-corrected chi connectivity index (χ3v) is 2.62. The topological polar surface area (TPSA) is 24.9 Å². The van der Waals surface area contributed by atoms with Crippen LogP contribution < -0.4 is 5.32 Å². The van der Waals surface area contributed by atoms with E-state index in [-0.39, 0.29) is 6.04 Å². The van der Waals surface area contributed by atoms with Crippen LogP contribution in [0.5, 0.6) is 0 Å². The molecule has 1 atom stereocenters. The van der Waals surface area contributed by atoms with Crippen molar-refractivity contribution < 1.29 is 13.2 Å². The zero-order valence-electron chi connectivity index (χ0n) is 7.85. The number of hydrogen-bond acceptors (Lipinski definition) is 3. The van der Waals surface area contributed by atoms with Gasteiger partial charge in [-0.3, -0.25) is 0 Å². The average Bonchev–Trinajstić information content (AvgIpc) is 2.51. The zero-order valence-corrected chi connectivity index (χ0v) is 8.67. The highest BCUT2D eigenvalue weighted by Crippen LogP contribution is 2.32. The van der Waals surface area contributed by atoms with Crippen molar-refractivity contribution in [1.29, 1.82) is 0 Å². The molecular weight excluding hydrogens is 213 g/mol. The predicted molar refractivity (Wildman–Crippen MR) is 49.2 cm³/mol. The van der Waals surface area contributed by atoms with E-state index in [0.29, 0.717) is 23.6 Å². The lowest BCUT2D eigenvalue weighted by atomic mass is 10.2. The third-order valence-electron chi connectivity index (χ3n) is 1.72. The fourth-order valence-corrected chi connectivity index (χ4v) is 1.81. The van der Waals surface area contributed by atoms with Crippen molar-refractivity contribution in [2.75, 3.05) is 6.54 Å². The second-order valence-electron chi connectivity index (χ2n) is 2.85. The lowest BCUT2D eigenvalue weighted by Gasteiger charge is -2.08. The Morgan fingerprint density at radius 3 is 2.64 bits per heavy atom. The molecule has 2 nitrogen and oxygen atoms in total. The van der Waals surface area contributed by atoms with Crippen LogP contribution in [0.25, 0.3) is 0 Å². The number of nitrogens with zero attached hydrogens (tertiary/aromatic N) is 1. The summed E-state index contributed by atoms with van der Waals surface area (Å²) in [7, 11) is 0. The fraction of sp³-hybridized carbons (Fsp3) is 0.625. The summed E-state index contributed by atoms with van der Waals surface area (Å²) in [5.41, 5.74) is 0.448. The highest BCUT2D eigenvalue weighted by Gasteiger charge is 2.34. The predicted octanol–water partition coefficient (Wildman–Crippen LogP) is 2.83. The molecule has 80 valence electrons. The van der Waals surface area contributed by atoms with Crippen LogP contribution in [0, 0.1) is 0 Å². The van der Waals surface area contributed by atoms with Crippen LogP contribution >= 0.6 is 11.3 Å². The average molecular weight is 224 g/mol. The Hall–Kier alpha value is -0.620. The van der Waals surface area contributed by atoms with Gasteiger partial charge in [0.1, 0.15) is 0 Å². The SMILES string of the molecule is CCNC(C)c1csc(C(F)(F)F)n1. The van der Waals surface area contributed by atoms with Crippen LogP contribution in [0.2, 0.25) is 0 Å². The van der Waals surface area contributed by atoms with Crippen molar-refractivity contribution in [1.82, 2.24) is 10.3 Å². The molecule has 1 heterocycles. The molecule has 0 fully saturated rings. The molecule has 1 N–H and O–H groups in total. The van der Waals surface area contributed by atoms with E-state index in [2.05, 4.69) is 10.3 Å². The molecule has 14 heavy (non-hydrogen) atoms. The molecule has 1 aromatic heterocycles. The van der Waals surface area contributed by atoms with E-state index < -0.39 is 11.2 Å². The number of nitrogens with one attached hydrogen (secondary N) is 1. The summed E-state index contributed by atoms with van der Waals surface area (Å²) in [6.07, 6.45) is -4.32. The molecule has 0 aromatic carbocycles. The lowest BCUT2D eigenvalue weighted by molar-refractivity contribution is -0.137. The van der Waals surface area contributed by atoms with Crippen molar-refractivity contribution in [3.8, 4) is 0 Å². The molecule has 0 aliphatic heterocycles. The van der Waals surface area contributed by atoms with Crippen LogP contribution in [-0.4, -0.2) is 11.5 Å². The lowest BCUT2D eigenvalue weighted by Crippen LogP contribution is -2.18. The molecule has 0 bridgehead atoms. The van der Waals surface area contributed by atoms with Gasteiger partial charge in [-0.2, -0.15) is 13.2 Å². The van der Waals surface area contributed by atoms with E-state index in [4.69, 9.17) is 0 Å². The van der Waals surface area contributed by atoms with Gasteiger partial charge in [-0.25, -0.2) is 4.98 Å². The number of thiazole rings is 1. The summed E-state index contributed by atoms with van der Waals surface area (Å²) in [4.78, 5) is 3.53. The van der Waals surface area contributed by atoms with Crippen molar-refractivity contribution in [3.05, 3.63) is 16.1 Å². The molecule has 0 aliphatic rings. The summed E-state index contributed by atoms with van der Waals surface area (Å²) in [5.74, 6) is 0. The van der Waals surface area contributed by atoms with Gasteiger partial charge in [0.05, 0.1) is 5.69 Å². The van der Waals surface area contributed by atoms with Gasteiger partial charge in [0, 0.05) is 11.4 Å². The van der Waals surface area contributed by atoms with Crippen LogP contribution in [0.4, 0.5) is 13.2 Å². The molecule has 1 unspecified atom stereocenters. The smallest absolute Gasteiger partial charge is 0.309 e. The summed E-state index contributed by atoms with van der Waals surface area (Å²) in [6.45, 7) is 4.40. The molecule has 0 saturated carbocycles. The van der Waals surface area contributed by atoms with E-state index in [1.165, 1.54) is 5.38 Å². The molecule has 0 spiro atoms. The minimum Gasteiger partial charge on any atom is -0.309 e. The molecular formula is C8H11F3N2S. The number of hydrogen-bond donors (Lipinski definition) is 1. The molecule has 0 amide bonds. The minimum atomic E-state index is -4.32. The number of rotatable bonds is 3. The first kappa shape index (κ1) is 11.5. The van der Waals surface area contributed by atoms with Crippen molar-refractivity contribution in [2.45, 2.75) is 26.1 Å². The van der Waals surface area contributed by atoms with Gasteiger partial charge in [-0.15, -0.1) is 11.3 Å². The van der Waals surface area contributed by atoms with Crippen LogP contribution in [0.15, 0.2) is 5.38 Å². The van der Waals surface area contributed by atoms with E-state index in [9.17, 15) is 13.2 Å². The first-order valence-electron chi connectivity index (χ1n) is 4.21. The molecule has 1 aromatic rings. The summed E-state index contributed by atoms with van der Waals surface area (Å²) in [6, 6.07) is -0.132. The Morgan fingerprint density at radius 1 is 1.57 bits per heavy atom. The van der Waals surface area contributed by atoms with Crippen LogP contribution in [-0.2, 0) is 6.18 Å². The number of alkyl halides is 3. The minimum absolute atomic E-state index is 0.132. The molecule has 0 saturated heterocycles. The Labute approximate surface area is 84.2 Å². The maximum atomic E-state index is 12.2. The highest BCUT2D eigenvalue weighted by molar-refractivity contribution is 7.09. The van der Waals surface area contributed by atoms with Gasteiger partial charge in [-0.05, 0) is 13.5 Å². The normalized spacial score (nSPS) is 14.4. The van der Waals surface area contributed by atoms with E-state index in [1.54, 1.807) is 6.92 Å². The van der Waals surface area contributed by atoms with E-state index >= 15 is 0 Å². The van der Waals surface area contributed by atoms with Gasteiger partial charge in [0.2, 0.25) is 0 Å². The van der Waals surface area contributed by atoms with Gasteiger partial charge in [-0.1, -0.05) is 6.92 Å². The Kier molecular flexibility index (Phi) is 3.49. The largest absolute Gasteiger partial charge is 0.443 e. The van der Waals surface area contributed by atoms with Crippen molar-refractivity contribution in [2.24, 2.45) is 0 Å². The zero-order chi connectivity index (χ0) is 10.8. The molecule has 6 heteroatoms. The highest BCUT2D eigenvalue weighted by atomic mass is 32.1. The quantitative estimate of drug-likeness (QED) is 0.854. The summed E-state index contributed by atoms with van der Waals surface area (Å²) in [5, 5.41) is 3.66. The maximum Gasteiger partial charge on any atom is 0.443 e. The summed E-state index contributed by atoms with van der Waals surface area (Å²) >= 11 is 0.635. The molecule has 0 radical (unpaired) electrons. The fourth-order valence-electron chi connectivity index (χ4n) is 1.03. The first-order valence-corrected chi connectivity index (χ1v) is 5.09. The second-order valence-corrected chi connectivity index (χ2v) is 3.71. The maximum absolute atomic E-state index is 12.2. The van der Waals surface area contributed by atoms with Crippen LogP contribution in [0.1, 0.15) is 30.6 Å². The second kappa shape index (κ2) is 4.27. The van der Waals surface area contributed by atoms with Gasteiger partial charge >= 0.3 is 6.18 Å². The van der Waals surface area contributed by atoms with E-state index in [1.807, 2.05) is 6.92 Å². The third kappa shape index (κ3) is 2.68. The van der Waals surface area contributed by atoms with E-state index in [0.717, 1.165) is 0 Å². The Morgan fingerprint density at radius 2 is 2.21 bits per heavy atom. The Balaban J connectivity index is 2.78. The standard InChI is InChI=1S/C8H11F3N2S/c1-3-12-5(2)6-4-14-7(13-6)8(9,10)11/h4-5,12H,3H2,1-2H3. The van der Waals surface area contributed by atoms with Gasteiger partial charge in [0.15, 0.2) is 5.01 Å². The first-order chi connectivity index (χ1) is 6.45. The summed E-state index contributed by atoms with van der Waals surface area (Å²) < 4.78 is 36.5. The molecule has 1 rings (SSSR count). The van der Waals surface area contributed by atoms with Gasteiger partial charge < -0.3 is 5.32 Å². The monoisotopic (exact) mass is 224 g/mol. The molecule has 0 aliphatic carbocycles. The van der Waals surface area contributed by atoms with Crippen molar-refractivity contribution in [3.63, 3.8) is 0 Å². The Bertz CT molecular complexity index is 295. The van der Waals surface area contributed by atoms with Crippen LogP contribution in [0.3, 0.4) is 0 Å². The van der Waals surface area contributed by atoms with Crippen molar-refractivity contribution >= 4 is 11.3 Å².